The number of carbonyl (C=O) groups is 1. The van der Waals surface area contributed by atoms with E-state index >= 15 is 0 Å². The minimum Gasteiger partial charge on any atom is -0.481 e. The Hall–Kier alpha value is -0.570. The Labute approximate surface area is 98.6 Å². The molecule has 0 heterocycles. The van der Waals surface area contributed by atoms with Crippen molar-refractivity contribution in [2.75, 3.05) is 6.54 Å². The van der Waals surface area contributed by atoms with Crippen molar-refractivity contribution in [2.24, 2.45) is 5.92 Å². The highest BCUT2D eigenvalue weighted by molar-refractivity contribution is 5.66. The quantitative estimate of drug-likeness (QED) is 0.657. The molecule has 1 fully saturated rings. The molecule has 94 valence electrons. The lowest BCUT2D eigenvalue weighted by Crippen LogP contribution is -2.34. The van der Waals surface area contributed by atoms with Crippen molar-refractivity contribution in [1.29, 1.82) is 0 Å². The van der Waals surface area contributed by atoms with Crippen LogP contribution < -0.4 is 5.32 Å². The fourth-order valence-electron chi connectivity index (χ4n) is 2.55. The second kappa shape index (κ2) is 7.66. The summed E-state index contributed by atoms with van der Waals surface area (Å²) in [5.41, 5.74) is 0. The van der Waals surface area contributed by atoms with Gasteiger partial charge in [-0.2, -0.15) is 0 Å². The molecule has 16 heavy (non-hydrogen) atoms. The average Bonchev–Trinajstić information content (AvgIpc) is 2.28. The maximum Gasteiger partial charge on any atom is 0.303 e. The molecule has 0 aromatic carbocycles. The molecule has 0 aliphatic heterocycles. The van der Waals surface area contributed by atoms with E-state index in [2.05, 4.69) is 12.2 Å². The van der Waals surface area contributed by atoms with E-state index in [1.165, 1.54) is 32.1 Å². The van der Waals surface area contributed by atoms with Gasteiger partial charge in [-0.1, -0.05) is 26.2 Å². The van der Waals surface area contributed by atoms with Crippen LogP contribution in [0.4, 0.5) is 0 Å². The van der Waals surface area contributed by atoms with Crippen LogP contribution in [0.1, 0.15) is 58.3 Å². The molecule has 2 N–H and O–H groups in total. The zero-order valence-electron chi connectivity index (χ0n) is 10.4. The Morgan fingerprint density at radius 3 is 2.88 bits per heavy atom. The number of carboxylic acids is 1. The molecule has 0 aromatic heterocycles. The van der Waals surface area contributed by atoms with Crippen molar-refractivity contribution < 1.29 is 9.90 Å². The van der Waals surface area contributed by atoms with Gasteiger partial charge in [-0.15, -0.1) is 0 Å². The first-order valence-electron chi connectivity index (χ1n) is 6.67. The molecule has 0 aromatic rings. The van der Waals surface area contributed by atoms with E-state index < -0.39 is 5.97 Å². The molecule has 2 atom stereocenters. The van der Waals surface area contributed by atoms with Crippen LogP contribution >= 0.6 is 0 Å². The summed E-state index contributed by atoms with van der Waals surface area (Å²) in [6.45, 7) is 3.26. The van der Waals surface area contributed by atoms with Crippen molar-refractivity contribution in [3.05, 3.63) is 0 Å². The molecule has 3 nitrogen and oxygen atoms in total. The second-order valence-corrected chi connectivity index (χ2v) is 4.94. The van der Waals surface area contributed by atoms with Gasteiger partial charge in [0.25, 0.3) is 0 Å². The van der Waals surface area contributed by atoms with Gasteiger partial charge < -0.3 is 10.4 Å². The third kappa shape index (κ3) is 5.50. The summed E-state index contributed by atoms with van der Waals surface area (Å²) in [6.07, 6.45) is 8.76. The molecule has 0 radical (unpaired) electrons. The van der Waals surface area contributed by atoms with E-state index in [0.717, 1.165) is 25.3 Å². The molecule has 1 saturated carbocycles. The third-order valence-electron chi connectivity index (χ3n) is 3.61. The topological polar surface area (TPSA) is 49.3 Å². The van der Waals surface area contributed by atoms with Crippen LogP contribution in [-0.4, -0.2) is 23.7 Å². The van der Waals surface area contributed by atoms with Crippen molar-refractivity contribution in [1.82, 2.24) is 5.32 Å². The molecular formula is C13H25NO2. The molecule has 0 bridgehead atoms. The Kier molecular flexibility index (Phi) is 6.46. The highest BCUT2D eigenvalue weighted by atomic mass is 16.4. The summed E-state index contributed by atoms with van der Waals surface area (Å²) in [6, 6.07) is 0.684. The number of hydrogen-bond donors (Lipinski definition) is 2. The Morgan fingerprint density at radius 1 is 1.38 bits per heavy atom. The van der Waals surface area contributed by atoms with Crippen molar-refractivity contribution in [3.8, 4) is 0 Å². The Bertz CT molecular complexity index is 206. The summed E-state index contributed by atoms with van der Waals surface area (Å²) in [4.78, 5) is 10.3. The summed E-state index contributed by atoms with van der Waals surface area (Å²) >= 11 is 0. The van der Waals surface area contributed by atoms with Gasteiger partial charge in [-0.05, 0) is 38.1 Å². The van der Waals surface area contributed by atoms with Gasteiger partial charge in [-0.25, -0.2) is 0 Å². The fourth-order valence-corrected chi connectivity index (χ4v) is 2.55. The molecule has 0 spiro atoms. The van der Waals surface area contributed by atoms with Gasteiger partial charge in [0.2, 0.25) is 0 Å². The maximum absolute atomic E-state index is 10.3. The van der Waals surface area contributed by atoms with Gasteiger partial charge in [0.05, 0.1) is 0 Å². The third-order valence-corrected chi connectivity index (χ3v) is 3.61. The summed E-state index contributed by atoms with van der Waals surface area (Å²) in [5, 5.41) is 12.1. The van der Waals surface area contributed by atoms with E-state index in [9.17, 15) is 4.79 Å². The summed E-state index contributed by atoms with van der Waals surface area (Å²) in [5.74, 6) is 0.231. The van der Waals surface area contributed by atoms with Gasteiger partial charge in [-0.3, -0.25) is 4.79 Å². The van der Waals surface area contributed by atoms with Crippen LogP contribution in [0.5, 0.6) is 0 Å². The molecule has 3 heteroatoms. The number of carboxylic acid groups (broad SMARTS) is 1. The monoisotopic (exact) mass is 227 g/mol. The van der Waals surface area contributed by atoms with E-state index in [4.69, 9.17) is 5.11 Å². The number of unbranched alkanes of at least 4 members (excludes halogenated alkanes) is 1. The van der Waals surface area contributed by atoms with Crippen LogP contribution in [-0.2, 0) is 4.79 Å². The smallest absolute Gasteiger partial charge is 0.303 e. The molecule has 1 aliphatic carbocycles. The average molecular weight is 227 g/mol. The highest BCUT2D eigenvalue weighted by Gasteiger charge is 2.19. The predicted molar refractivity (Wildman–Crippen MR) is 65.5 cm³/mol. The summed E-state index contributed by atoms with van der Waals surface area (Å²) in [7, 11) is 0. The number of aliphatic carboxylic acids is 1. The lowest BCUT2D eigenvalue weighted by Gasteiger charge is -2.29. The van der Waals surface area contributed by atoms with Gasteiger partial charge in [0, 0.05) is 12.5 Å². The largest absolute Gasteiger partial charge is 0.481 e. The van der Waals surface area contributed by atoms with Crippen LogP contribution in [0.15, 0.2) is 0 Å². The molecule has 0 saturated heterocycles. The normalized spacial score (nSPS) is 25.6. The first-order valence-corrected chi connectivity index (χ1v) is 6.67. The number of nitrogens with one attached hydrogen (secondary N) is 1. The first-order chi connectivity index (χ1) is 7.72. The number of hydrogen-bond acceptors (Lipinski definition) is 2. The van der Waals surface area contributed by atoms with Crippen LogP contribution in [0.25, 0.3) is 0 Å². The van der Waals surface area contributed by atoms with Crippen LogP contribution in [0.3, 0.4) is 0 Å². The number of rotatable bonds is 7. The van der Waals surface area contributed by atoms with Gasteiger partial charge in [0.1, 0.15) is 0 Å². The molecular weight excluding hydrogens is 202 g/mol. The standard InChI is InChI=1S/C13H25NO2/c1-2-11-6-5-7-12(10-11)14-9-4-3-8-13(15)16/h11-12,14H,2-10H2,1H3,(H,15,16). The highest BCUT2D eigenvalue weighted by Crippen LogP contribution is 2.26. The summed E-state index contributed by atoms with van der Waals surface area (Å²) < 4.78 is 0. The predicted octanol–water partition coefficient (Wildman–Crippen LogP) is 2.80. The molecule has 2 unspecified atom stereocenters. The van der Waals surface area contributed by atoms with Crippen molar-refractivity contribution >= 4 is 5.97 Å². The fraction of sp³-hybridized carbons (Fsp3) is 0.923. The zero-order valence-corrected chi connectivity index (χ0v) is 10.4. The van der Waals surface area contributed by atoms with Crippen LogP contribution in [0.2, 0.25) is 0 Å². The lowest BCUT2D eigenvalue weighted by atomic mass is 9.84. The second-order valence-electron chi connectivity index (χ2n) is 4.94. The first kappa shape index (κ1) is 13.5. The maximum atomic E-state index is 10.3. The van der Waals surface area contributed by atoms with E-state index in [1.54, 1.807) is 0 Å². The van der Waals surface area contributed by atoms with Crippen molar-refractivity contribution in [3.63, 3.8) is 0 Å². The Morgan fingerprint density at radius 2 is 2.19 bits per heavy atom. The SMILES string of the molecule is CCC1CCCC(NCCCCC(=O)O)C1. The molecule has 1 aliphatic rings. The van der Waals surface area contributed by atoms with E-state index in [0.29, 0.717) is 12.5 Å². The minimum atomic E-state index is -0.677. The van der Waals surface area contributed by atoms with Crippen molar-refractivity contribution in [2.45, 2.75) is 64.3 Å². The zero-order chi connectivity index (χ0) is 11.8. The van der Waals surface area contributed by atoms with Gasteiger partial charge >= 0.3 is 5.97 Å². The molecule has 1 rings (SSSR count). The lowest BCUT2D eigenvalue weighted by molar-refractivity contribution is -0.137. The van der Waals surface area contributed by atoms with E-state index in [1.807, 2.05) is 0 Å². The van der Waals surface area contributed by atoms with Crippen LogP contribution in [0, 0.1) is 5.92 Å². The van der Waals surface area contributed by atoms with Gasteiger partial charge in [0.15, 0.2) is 0 Å². The van der Waals surface area contributed by atoms with E-state index in [-0.39, 0.29) is 0 Å². The Balaban J connectivity index is 2.01. The minimum absolute atomic E-state index is 0.309. The molecule has 0 amide bonds.